The molecule has 1 aliphatic carbocycles. The van der Waals surface area contributed by atoms with Gasteiger partial charge in [-0.2, -0.15) is 0 Å². The molecule has 0 bridgehead atoms. The molecule has 1 aromatic rings. The number of alkyl halides is 2. The first-order valence-corrected chi connectivity index (χ1v) is 5.38. The van der Waals surface area contributed by atoms with Gasteiger partial charge in [-0.05, 0) is 0 Å². The Balaban J connectivity index is 2.40. The van der Waals surface area contributed by atoms with Gasteiger partial charge in [-0.1, -0.05) is 0 Å². The van der Waals surface area contributed by atoms with Gasteiger partial charge < -0.3 is 10.0 Å². The van der Waals surface area contributed by atoms with Crippen molar-refractivity contribution in [2.45, 2.75) is 17.8 Å². The second-order valence-corrected chi connectivity index (χ2v) is 5.00. The van der Waals surface area contributed by atoms with Crippen molar-refractivity contribution in [2.24, 2.45) is 0 Å². The number of nitrogens with zero attached hydrogens (tertiary/aromatic N) is 2. The molecule has 88 valence electrons. The van der Waals surface area contributed by atoms with Crippen molar-refractivity contribution < 1.29 is 18.7 Å². The monoisotopic (exact) mass is 248 g/mol. The molecule has 1 aliphatic rings. The summed E-state index contributed by atoms with van der Waals surface area (Å²) < 4.78 is 26.4. The van der Waals surface area contributed by atoms with Crippen LogP contribution >= 0.6 is 11.3 Å². The maximum atomic E-state index is 13.2. The molecule has 4 nitrogen and oxygen atoms in total. The molecule has 1 atom stereocenters. The summed E-state index contributed by atoms with van der Waals surface area (Å²) in [6.45, 7) is 0. The Morgan fingerprint density at radius 1 is 1.62 bits per heavy atom. The second-order valence-electron chi connectivity index (χ2n) is 3.99. The summed E-state index contributed by atoms with van der Waals surface area (Å²) in [7, 11) is 3.45. The van der Waals surface area contributed by atoms with E-state index in [9.17, 15) is 13.6 Å². The fraction of sp³-hybridized carbons (Fsp3) is 0.556. The standard InChI is InChI=1S/C9H10F2N2O2S/c1-13(2)7-12-3-5(16-7)8(6(14)15)4-9(8,10)11/h3H,4H2,1-2H3,(H,14,15). The van der Waals surface area contributed by atoms with E-state index in [4.69, 9.17) is 5.11 Å². The fourth-order valence-electron chi connectivity index (χ4n) is 1.56. The normalized spacial score (nSPS) is 26.5. The van der Waals surface area contributed by atoms with Crippen molar-refractivity contribution in [1.82, 2.24) is 4.98 Å². The molecule has 1 heterocycles. The number of aromatic nitrogens is 1. The average Bonchev–Trinajstić information content (AvgIpc) is 2.61. The molecular weight excluding hydrogens is 238 g/mol. The van der Waals surface area contributed by atoms with E-state index in [-0.39, 0.29) is 4.88 Å². The number of carbonyl (C=O) groups is 1. The van der Waals surface area contributed by atoms with Gasteiger partial charge in [-0.3, -0.25) is 4.79 Å². The van der Waals surface area contributed by atoms with Crippen LogP contribution in [0.15, 0.2) is 6.20 Å². The van der Waals surface area contributed by atoms with Crippen LogP contribution in [-0.2, 0) is 10.2 Å². The molecule has 7 heteroatoms. The summed E-state index contributed by atoms with van der Waals surface area (Å²) in [5, 5.41) is 9.45. The van der Waals surface area contributed by atoms with Gasteiger partial charge in [0.15, 0.2) is 10.5 Å². The van der Waals surface area contributed by atoms with Gasteiger partial charge in [-0.15, -0.1) is 11.3 Å². The highest BCUT2D eigenvalue weighted by molar-refractivity contribution is 7.15. The van der Waals surface area contributed by atoms with E-state index in [1.807, 2.05) is 0 Å². The van der Waals surface area contributed by atoms with E-state index in [0.717, 1.165) is 11.3 Å². The number of carboxylic acids is 1. The molecule has 2 rings (SSSR count). The van der Waals surface area contributed by atoms with Gasteiger partial charge in [0.25, 0.3) is 5.92 Å². The third-order valence-corrected chi connectivity index (χ3v) is 3.98. The number of anilines is 1. The molecule has 1 saturated carbocycles. The molecule has 1 unspecified atom stereocenters. The average molecular weight is 248 g/mol. The van der Waals surface area contributed by atoms with Gasteiger partial charge in [0, 0.05) is 26.7 Å². The maximum absolute atomic E-state index is 13.2. The largest absolute Gasteiger partial charge is 0.480 e. The van der Waals surface area contributed by atoms with Crippen LogP contribution in [0.2, 0.25) is 0 Å². The van der Waals surface area contributed by atoms with Crippen LogP contribution in [0.5, 0.6) is 0 Å². The van der Waals surface area contributed by atoms with Crippen LogP contribution in [0.1, 0.15) is 11.3 Å². The Hall–Kier alpha value is -1.24. The number of aliphatic carboxylic acids is 1. The summed E-state index contributed by atoms with van der Waals surface area (Å²) >= 11 is 0.995. The quantitative estimate of drug-likeness (QED) is 0.882. The Kier molecular flexibility index (Phi) is 2.20. The molecule has 0 aliphatic heterocycles. The van der Waals surface area contributed by atoms with Gasteiger partial charge >= 0.3 is 5.97 Å². The minimum Gasteiger partial charge on any atom is -0.480 e. The Bertz CT molecular complexity index is 446. The molecule has 0 spiro atoms. The highest BCUT2D eigenvalue weighted by atomic mass is 32.1. The van der Waals surface area contributed by atoms with Crippen molar-refractivity contribution in [2.75, 3.05) is 19.0 Å². The minimum absolute atomic E-state index is 0.119. The number of hydrogen-bond donors (Lipinski definition) is 1. The lowest BCUT2D eigenvalue weighted by Gasteiger charge is -2.08. The van der Waals surface area contributed by atoms with Crippen LogP contribution in [0, 0.1) is 0 Å². The second kappa shape index (κ2) is 3.13. The molecule has 1 N–H and O–H groups in total. The van der Waals surface area contributed by atoms with E-state index in [1.165, 1.54) is 6.20 Å². The number of rotatable bonds is 3. The van der Waals surface area contributed by atoms with Crippen molar-refractivity contribution in [3.63, 3.8) is 0 Å². The van der Waals surface area contributed by atoms with Crippen LogP contribution < -0.4 is 4.90 Å². The Morgan fingerprint density at radius 3 is 2.50 bits per heavy atom. The summed E-state index contributed by atoms with van der Waals surface area (Å²) in [5.41, 5.74) is -2.04. The molecule has 0 aromatic carbocycles. The Morgan fingerprint density at radius 2 is 2.19 bits per heavy atom. The number of halogens is 2. The molecule has 1 fully saturated rings. The Labute approximate surface area is 94.5 Å². The highest BCUT2D eigenvalue weighted by Crippen LogP contribution is 2.63. The zero-order valence-corrected chi connectivity index (χ0v) is 9.52. The van der Waals surface area contributed by atoms with Crippen LogP contribution in [0.25, 0.3) is 0 Å². The molecular formula is C9H10F2N2O2S. The van der Waals surface area contributed by atoms with Crippen LogP contribution in [0.3, 0.4) is 0 Å². The predicted molar refractivity (Wildman–Crippen MR) is 55.3 cm³/mol. The minimum atomic E-state index is -3.16. The van der Waals surface area contributed by atoms with Gasteiger partial charge in [0.05, 0.1) is 4.88 Å². The predicted octanol–water partition coefficient (Wildman–Crippen LogP) is 1.57. The zero-order valence-electron chi connectivity index (χ0n) is 8.70. The van der Waals surface area contributed by atoms with Crippen molar-refractivity contribution >= 4 is 22.4 Å². The lowest BCUT2D eigenvalue weighted by Crippen LogP contribution is -2.25. The topological polar surface area (TPSA) is 53.4 Å². The maximum Gasteiger partial charge on any atom is 0.321 e. The number of hydrogen-bond acceptors (Lipinski definition) is 4. The van der Waals surface area contributed by atoms with E-state index >= 15 is 0 Å². The van der Waals surface area contributed by atoms with Crippen molar-refractivity contribution in [3.8, 4) is 0 Å². The lowest BCUT2D eigenvalue weighted by molar-refractivity contribution is -0.142. The molecule has 16 heavy (non-hydrogen) atoms. The van der Waals surface area contributed by atoms with E-state index in [2.05, 4.69) is 4.98 Å². The smallest absolute Gasteiger partial charge is 0.321 e. The molecule has 0 radical (unpaired) electrons. The fourth-order valence-corrected chi connectivity index (χ4v) is 2.64. The summed E-state index contributed by atoms with van der Waals surface area (Å²) in [6, 6.07) is 0. The van der Waals surface area contributed by atoms with E-state index < -0.39 is 23.7 Å². The summed E-state index contributed by atoms with van der Waals surface area (Å²) in [6.07, 6.45) is 0.597. The van der Waals surface area contributed by atoms with Crippen LogP contribution in [0.4, 0.5) is 13.9 Å². The molecule has 0 saturated heterocycles. The zero-order chi connectivity index (χ0) is 12.1. The SMILES string of the molecule is CN(C)c1ncc(C2(C(=O)O)CC2(F)F)s1. The molecule has 0 amide bonds. The van der Waals surface area contributed by atoms with Gasteiger partial charge in [-0.25, -0.2) is 13.8 Å². The summed E-state index contributed by atoms with van der Waals surface area (Å²) in [4.78, 5) is 16.7. The van der Waals surface area contributed by atoms with Gasteiger partial charge in [0.2, 0.25) is 0 Å². The number of thiazole rings is 1. The van der Waals surface area contributed by atoms with Crippen molar-refractivity contribution in [3.05, 3.63) is 11.1 Å². The summed E-state index contributed by atoms with van der Waals surface area (Å²) in [5.74, 6) is -4.64. The van der Waals surface area contributed by atoms with E-state index in [1.54, 1.807) is 19.0 Å². The van der Waals surface area contributed by atoms with Crippen molar-refractivity contribution in [1.29, 1.82) is 0 Å². The third kappa shape index (κ3) is 1.31. The first-order chi connectivity index (χ1) is 7.31. The highest BCUT2D eigenvalue weighted by Gasteiger charge is 2.78. The van der Waals surface area contributed by atoms with E-state index in [0.29, 0.717) is 5.13 Å². The van der Waals surface area contributed by atoms with Crippen LogP contribution in [-0.4, -0.2) is 36.1 Å². The molecule has 1 aromatic heterocycles. The first kappa shape index (κ1) is 11.3. The van der Waals surface area contributed by atoms with Gasteiger partial charge in [0.1, 0.15) is 0 Å². The third-order valence-electron chi connectivity index (χ3n) is 2.65. The lowest BCUT2D eigenvalue weighted by atomic mass is 10.1. The first-order valence-electron chi connectivity index (χ1n) is 4.56. The number of carboxylic acid groups (broad SMARTS) is 1.